The SMILES string of the molecule is CC(C)=CO/C=C(/O)C=O. The molecule has 10 heavy (non-hydrogen) atoms. The van der Waals surface area contributed by atoms with Crippen molar-refractivity contribution in [1.82, 2.24) is 0 Å². The fourth-order valence-corrected chi connectivity index (χ4v) is 0.268. The average molecular weight is 142 g/mol. The molecule has 1 N–H and O–H groups in total. The number of allylic oxidation sites excluding steroid dienone is 2. The summed E-state index contributed by atoms with van der Waals surface area (Å²) in [5, 5.41) is 8.51. The van der Waals surface area contributed by atoms with E-state index < -0.39 is 5.76 Å². The highest BCUT2D eigenvalue weighted by molar-refractivity contribution is 5.68. The number of rotatable bonds is 3. The van der Waals surface area contributed by atoms with E-state index in [0.29, 0.717) is 6.29 Å². The molecule has 0 saturated heterocycles. The van der Waals surface area contributed by atoms with Crippen molar-refractivity contribution >= 4 is 6.29 Å². The van der Waals surface area contributed by atoms with Gasteiger partial charge in [-0.1, -0.05) is 0 Å². The third-order valence-electron chi connectivity index (χ3n) is 0.613. The van der Waals surface area contributed by atoms with E-state index in [4.69, 9.17) is 5.11 Å². The van der Waals surface area contributed by atoms with Crippen LogP contribution in [0.3, 0.4) is 0 Å². The van der Waals surface area contributed by atoms with Crippen LogP contribution in [0.4, 0.5) is 0 Å². The first kappa shape index (κ1) is 8.75. The van der Waals surface area contributed by atoms with Gasteiger partial charge < -0.3 is 9.84 Å². The second-order valence-corrected chi connectivity index (χ2v) is 1.99. The Kier molecular flexibility index (Phi) is 4.04. The van der Waals surface area contributed by atoms with Gasteiger partial charge in [0.2, 0.25) is 0 Å². The number of hydrogen-bond acceptors (Lipinski definition) is 3. The fourth-order valence-electron chi connectivity index (χ4n) is 0.268. The van der Waals surface area contributed by atoms with Crippen molar-refractivity contribution in [1.29, 1.82) is 0 Å². The summed E-state index contributed by atoms with van der Waals surface area (Å²) in [5.41, 5.74) is 0.954. The zero-order valence-corrected chi connectivity index (χ0v) is 6.00. The normalized spacial score (nSPS) is 10.4. The molecule has 0 bridgehead atoms. The third kappa shape index (κ3) is 4.90. The summed E-state index contributed by atoms with van der Waals surface area (Å²) >= 11 is 0. The first-order chi connectivity index (χ1) is 4.66. The molecule has 0 spiro atoms. The van der Waals surface area contributed by atoms with Crippen LogP contribution in [0.1, 0.15) is 13.8 Å². The Bertz CT molecular complexity index is 164. The van der Waals surface area contributed by atoms with Crippen LogP contribution in [-0.2, 0) is 9.53 Å². The molecular formula is C7H10O3. The Balaban J connectivity index is 3.74. The number of ether oxygens (including phenoxy) is 1. The van der Waals surface area contributed by atoms with E-state index in [9.17, 15) is 4.79 Å². The minimum Gasteiger partial charge on any atom is -0.502 e. The van der Waals surface area contributed by atoms with Crippen LogP contribution in [0.15, 0.2) is 23.9 Å². The van der Waals surface area contributed by atoms with Gasteiger partial charge in [-0.15, -0.1) is 0 Å². The zero-order chi connectivity index (χ0) is 7.98. The summed E-state index contributed by atoms with van der Waals surface area (Å²) in [6.45, 7) is 3.68. The van der Waals surface area contributed by atoms with Gasteiger partial charge in [0.1, 0.15) is 6.26 Å². The minimum absolute atomic E-state index is 0.304. The maximum absolute atomic E-state index is 9.76. The van der Waals surface area contributed by atoms with E-state index in [2.05, 4.69) is 4.74 Å². The van der Waals surface area contributed by atoms with Gasteiger partial charge in [0.25, 0.3) is 0 Å². The maximum atomic E-state index is 9.76. The van der Waals surface area contributed by atoms with Gasteiger partial charge in [-0.3, -0.25) is 4.79 Å². The van der Waals surface area contributed by atoms with Gasteiger partial charge in [0.05, 0.1) is 6.26 Å². The Hall–Kier alpha value is -1.25. The van der Waals surface area contributed by atoms with Crippen molar-refractivity contribution in [3.8, 4) is 0 Å². The smallest absolute Gasteiger partial charge is 0.191 e. The van der Waals surface area contributed by atoms with Crippen LogP contribution in [0.25, 0.3) is 0 Å². The quantitative estimate of drug-likeness (QED) is 0.369. The van der Waals surface area contributed by atoms with Gasteiger partial charge in [0, 0.05) is 0 Å². The molecule has 0 unspecified atom stereocenters. The monoisotopic (exact) mass is 142 g/mol. The van der Waals surface area contributed by atoms with Crippen molar-refractivity contribution < 1.29 is 14.6 Å². The zero-order valence-electron chi connectivity index (χ0n) is 6.00. The first-order valence-corrected chi connectivity index (χ1v) is 2.80. The van der Waals surface area contributed by atoms with Crippen LogP contribution < -0.4 is 0 Å². The predicted molar refractivity (Wildman–Crippen MR) is 37.3 cm³/mol. The Morgan fingerprint density at radius 3 is 2.40 bits per heavy atom. The van der Waals surface area contributed by atoms with Crippen LogP contribution in [0.5, 0.6) is 0 Å². The van der Waals surface area contributed by atoms with E-state index in [1.54, 1.807) is 0 Å². The second-order valence-electron chi connectivity index (χ2n) is 1.99. The standard InChI is InChI=1S/C7H10O3/c1-6(2)4-10-5-7(9)3-8/h3-5,9H,1-2H3/b7-5+. The van der Waals surface area contributed by atoms with Crippen LogP contribution in [0, 0.1) is 0 Å². The van der Waals surface area contributed by atoms with Gasteiger partial charge in [-0.25, -0.2) is 0 Å². The van der Waals surface area contributed by atoms with Gasteiger partial charge in [-0.2, -0.15) is 0 Å². The molecule has 0 aromatic rings. The number of hydrogen-bond donors (Lipinski definition) is 1. The molecule has 3 heteroatoms. The first-order valence-electron chi connectivity index (χ1n) is 2.80. The third-order valence-corrected chi connectivity index (χ3v) is 0.613. The molecule has 0 fully saturated rings. The number of aldehydes is 1. The number of carbonyl (C=O) groups excluding carboxylic acids is 1. The number of aliphatic hydroxyl groups is 1. The molecule has 0 saturated carbocycles. The molecule has 56 valence electrons. The Morgan fingerprint density at radius 1 is 1.40 bits per heavy atom. The highest BCUT2D eigenvalue weighted by Crippen LogP contribution is 1.91. The van der Waals surface area contributed by atoms with E-state index in [1.165, 1.54) is 6.26 Å². The van der Waals surface area contributed by atoms with Crippen molar-refractivity contribution in [2.24, 2.45) is 0 Å². The summed E-state index contributed by atoms with van der Waals surface area (Å²) in [6.07, 6.45) is 2.71. The van der Waals surface area contributed by atoms with E-state index in [0.717, 1.165) is 11.8 Å². The molecule has 0 atom stereocenters. The molecule has 0 heterocycles. The highest BCUT2D eigenvalue weighted by atomic mass is 16.5. The molecule has 0 aromatic heterocycles. The lowest BCUT2D eigenvalue weighted by molar-refractivity contribution is -0.107. The highest BCUT2D eigenvalue weighted by Gasteiger charge is 1.84. The van der Waals surface area contributed by atoms with E-state index in [1.807, 2.05) is 13.8 Å². The lowest BCUT2D eigenvalue weighted by atomic mass is 10.4. The van der Waals surface area contributed by atoms with Crippen LogP contribution in [0.2, 0.25) is 0 Å². The molecule has 0 rings (SSSR count). The lowest BCUT2D eigenvalue weighted by Gasteiger charge is -1.90. The summed E-state index contributed by atoms with van der Waals surface area (Å²) in [6, 6.07) is 0. The summed E-state index contributed by atoms with van der Waals surface area (Å²) in [5.74, 6) is -0.419. The second kappa shape index (κ2) is 4.61. The maximum Gasteiger partial charge on any atom is 0.191 e. The predicted octanol–water partition coefficient (Wildman–Crippen LogP) is 1.53. The molecule has 0 aliphatic carbocycles. The van der Waals surface area contributed by atoms with Crippen molar-refractivity contribution in [3.05, 3.63) is 23.9 Å². The summed E-state index contributed by atoms with van der Waals surface area (Å²) in [4.78, 5) is 9.76. The Morgan fingerprint density at radius 2 is 2.00 bits per heavy atom. The fraction of sp³-hybridized carbons (Fsp3) is 0.286. The van der Waals surface area contributed by atoms with Gasteiger partial charge >= 0.3 is 0 Å². The topological polar surface area (TPSA) is 46.5 Å². The molecule has 0 aliphatic heterocycles. The van der Waals surface area contributed by atoms with Crippen molar-refractivity contribution in [3.63, 3.8) is 0 Å². The van der Waals surface area contributed by atoms with Crippen LogP contribution in [-0.4, -0.2) is 11.4 Å². The number of carbonyl (C=O) groups is 1. The van der Waals surface area contributed by atoms with Crippen molar-refractivity contribution in [2.75, 3.05) is 0 Å². The molecule has 0 amide bonds. The molecule has 0 radical (unpaired) electrons. The number of aliphatic hydroxyl groups excluding tert-OH is 1. The Labute approximate surface area is 59.6 Å². The molecular weight excluding hydrogens is 132 g/mol. The van der Waals surface area contributed by atoms with Gasteiger partial charge in [-0.05, 0) is 19.4 Å². The van der Waals surface area contributed by atoms with Gasteiger partial charge in [0.15, 0.2) is 12.0 Å². The lowest BCUT2D eigenvalue weighted by Crippen LogP contribution is -1.81. The van der Waals surface area contributed by atoms with E-state index >= 15 is 0 Å². The summed E-state index contributed by atoms with van der Waals surface area (Å²) in [7, 11) is 0. The van der Waals surface area contributed by atoms with Crippen molar-refractivity contribution in [2.45, 2.75) is 13.8 Å². The molecule has 0 aromatic carbocycles. The van der Waals surface area contributed by atoms with E-state index in [-0.39, 0.29) is 0 Å². The largest absolute Gasteiger partial charge is 0.502 e. The minimum atomic E-state index is -0.419. The average Bonchev–Trinajstić information content (AvgIpc) is 1.87. The molecule has 0 aliphatic rings. The summed E-state index contributed by atoms with van der Waals surface area (Å²) < 4.78 is 4.64. The molecule has 3 nitrogen and oxygen atoms in total. The van der Waals surface area contributed by atoms with Crippen LogP contribution >= 0.6 is 0 Å².